The first-order valence-electron chi connectivity index (χ1n) is 4.86. The third kappa shape index (κ3) is 1.89. The summed E-state index contributed by atoms with van der Waals surface area (Å²) in [6, 6.07) is 0. The molecule has 0 saturated heterocycles. The number of aryl methyl sites for hydroxylation is 2. The van der Waals surface area contributed by atoms with Gasteiger partial charge >= 0.3 is 0 Å². The molecule has 5 nitrogen and oxygen atoms in total. The van der Waals surface area contributed by atoms with E-state index in [-0.39, 0.29) is 0 Å². The third-order valence-corrected chi connectivity index (χ3v) is 3.29. The van der Waals surface area contributed by atoms with Gasteiger partial charge in [-0.3, -0.25) is 0 Å². The van der Waals surface area contributed by atoms with Gasteiger partial charge in [-0.25, -0.2) is 20.8 Å². The zero-order valence-corrected chi connectivity index (χ0v) is 10.2. The lowest BCUT2D eigenvalue weighted by Gasteiger charge is -2.07. The topological polar surface area (TPSA) is 76.7 Å². The van der Waals surface area contributed by atoms with Crippen LogP contribution in [-0.2, 0) is 0 Å². The highest BCUT2D eigenvalue weighted by atomic mass is 32.1. The van der Waals surface area contributed by atoms with Crippen LogP contribution in [0, 0.1) is 20.8 Å². The fourth-order valence-corrected chi connectivity index (χ4v) is 2.05. The largest absolute Gasteiger partial charge is 0.308 e. The molecule has 0 fully saturated rings. The Kier molecular flexibility index (Phi) is 2.84. The lowest BCUT2D eigenvalue weighted by atomic mass is 10.2. The Labute approximate surface area is 97.7 Å². The zero-order chi connectivity index (χ0) is 11.7. The summed E-state index contributed by atoms with van der Waals surface area (Å²) in [5, 5.41) is 2.79. The number of rotatable bonds is 2. The number of nitrogen functional groups attached to an aromatic ring is 1. The molecule has 2 aromatic rings. The van der Waals surface area contributed by atoms with Gasteiger partial charge in [-0.1, -0.05) is 0 Å². The molecule has 0 amide bonds. The Hall–Kier alpha value is -1.53. The number of nitrogens with two attached hydrogens (primary N) is 1. The molecule has 16 heavy (non-hydrogen) atoms. The Morgan fingerprint density at radius 1 is 1.19 bits per heavy atom. The summed E-state index contributed by atoms with van der Waals surface area (Å²) in [5.41, 5.74) is 5.42. The van der Waals surface area contributed by atoms with Crippen LogP contribution >= 0.6 is 11.3 Å². The summed E-state index contributed by atoms with van der Waals surface area (Å²) in [7, 11) is 0. The van der Waals surface area contributed by atoms with Crippen molar-refractivity contribution in [2.24, 2.45) is 5.84 Å². The first kappa shape index (κ1) is 11.0. The van der Waals surface area contributed by atoms with E-state index >= 15 is 0 Å². The molecule has 2 heterocycles. The van der Waals surface area contributed by atoms with Gasteiger partial charge in [-0.05, 0) is 20.8 Å². The number of anilines is 1. The maximum atomic E-state index is 5.41. The second-order valence-electron chi connectivity index (χ2n) is 3.54. The molecule has 84 valence electrons. The molecular weight excluding hydrogens is 222 g/mol. The number of nitrogens with zero attached hydrogens (tertiary/aromatic N) is 3. The molecule has 0 aliphatic heterocycles. The van der Waals surface area contributed by atoms with Gasteiger partial charge in [0.15, 0.2) is 10.8 Å². The highest BCUT2D eigenvalue weighted by Gasteiger charge is 2.11. The van der Waals surface area contributed by atoms with Gasteiger partial charge in [-0.2, -0.15) is 0 Å². The van der Waals surface area contributed by atoms with Crippen molar-refractivity contribution in [3.05, 3.63) is 22.3 Å². The van der Waals surface area contributed by atoms with E-state index < -0.39 is 0 Å². The van der Waals surface area contributed by atoms with Crippen LogP contribution in [0.25, 0.3) is 10.8 Å². The molecule has 0 aromatic carbocycles. The summed E-state index contributed by atoms with van der Waals surface area (Å²) in [4.78, 5) is 13.1. The molecule has 0 aliphatic carbocycles. The average Bonchev–Trinajstić information content (AvgIpc) is 2.69. The van der Waals surface area contributed by atoms with Crippen molar-refractivity contribution in [2.75, 3.05) is 5.43 Å². The molecule has 2 aromatic heterocycles. The summed E-state index contributed by atoms with van der Waals surface area (Å²) in [6.45, 7) is 5.81. The number of hydrogen-bond acceptors (Lipinski definition) is 6. The van der Waals surface area contributed by atoms with Gasteiger partial charge in [0.1, 0.15) is 5.82 Å². The van der Waals surface area contributed by atoms with Crippen LogP contribution in [0.5, 0.6) is 0 Å². The molecule has 0 atom stereocenters. The monoisotopic (exact) mass is 235 g/mol. The molecule has 0 aliphatic rings. The van der Waals surface area contributed by atoms with Gasteiger partial charge < -0.3 is 5.43 Å². The van der Waals surface area contributed by atoms with Crippen LogP contribution < -0.4 is 11.3 Å². The van der Waals surface area contributed by atoms with E-state index in [1.54, 1.807) is 0 Å². The van der Waals surface area contributed by atoms with E-state index in [4.69, 9.17) is 5.84 Å². The Morgan fingerprint density at radius 3 is 2.50 bits per heavy atom. The van der Waals surface area contributed by atoms with E-state index in [0.29, 0.717) is 11.6 Å². The van der Waals surface area contributed by atoms with Crippen molar-refractivity contribution < 1.29 is 0 Å². The average molecular weight is 235 g/mol. The van der Waals surface area contributed by atoms with Gasteiger partial charge in [0.2, 0.25) is 0 Å². The Morgan fingerprint density at radius 2 is 1.94 bits per heavy atom. The molecule has 0 spiro atoms. The number of thiazole rings is 1. The predicted molar refractivity (Wildman–Crippen MR) is 65.2 cm³/mol. The number of hydrogen-bond donors (Lipinski definition) is 2. The van der Waals surface area contributed by atoms with Crippen molar-refractivity contribution >= 4 is 17.2 Å². The van der Waals surface area contributed by atoms with Gasteiger partial charge in [-0.15, -0.1) is 11.3 Å². The molecule has 0 unspecified atom stereocenters. The number of aromatic nitrogens is 3. The quantitative estimate of drug-likeness (QED) is 0.613. The molecule has 0 bridgehead atoms. The van der Waals surface area contributed by atoms with Crippen LogP contribution in [0.1, 0.15) is 17.0 Å². The summed E-state index contributed by atoms with van der Waals surface area (Å²) < 4.78 is 0. The lowest BCUT2D eigenvalue weighted by molar-refractivity contribution is 1.05. The summed E-state index contributed by atoms with van der Waals surface area (Å²) in [5.74, 6) is 6.68. The van der Waals surface area contributed by atoms with Gasteiger partial charge in [0.25, 0.3) is 0 Å². The van der Waals surface area contributed by atoms with E-state index in [1.165, 1.54) is 11.3 Å². The van der Waals surface area contributed by atoms with E-state index in [1.807, 2.05) is 26.2 Å². The molecule has 0 saturated carbocycles. The fraction of sp³-hybridized carbons (Fsp3) is 0.300. The maximum Gasteiger partial charge on any atom is 0.190 e. The summed E-state index contributed by atoms with van der Waals surface area (Å²) >= 11 is 1.53. The molecular formula is C10H13N5S. The third-order valence-electron chi connectivity index (χ3n) is 2.34. The number of nitrogens with one attached hydrogen (secondary N) is 1. The molecule has 0 radical (unpaired) electrons. The van der Waals surface area contributed by atoms with Crippen molar-refractivity contribution in [1.82, 2.24) is 15.0 Å². The molecule has 2 rings (SSSR count). The highest BCUT2D eigenvalue weighted by molar-refractivity contribution is 7.13. The smallest absolute Gasteiger partial charge is 0.190 e. The zero-order valence-electron chi connectivity index (χ0n) is 9.40. The van der Waals surface area contributed by atoms with E-state index in [2.05, 4.69) is 20.4 Å². The van der Waals surface area contributed by atoms with Crippen molar-refractivity contribution in [1.29, 1.82) is 0 Å². The van der Waals surface area contributed by atoms with E-state index in [0.717, 1.165) is 22.0 Å². The van der Waals surface area contributed by atoms with E-state index in [9.17, 15) is 0 Å². The van der Waals surface area contributed by atoms with Crippen LogP contribution in [0.2, 0.25) is 0 Å². The SMILES string of the molecule is Cc1csc(-c2nc(C)c(C)c(NN)n2)n1. The first-order chi connectivity index (χ1) is 7.61. The van der Waals surface area contributed by atoms with Crippen LogP contribution in [0.3, 0.4) is 0 Å². The summed E-state index contributed by atoms with van der Waals surface area (Å²) in [6.07, 6.45) is 0. The predicted octanol–water partition coefficient (Wildman–Crippen LogP) is 1.81. The fourth-order valence-electron chi connectivity index (χ4n) is 1.32. The number of hydrazine groups is 1. The minimum Gasteiger partial charge on any atom is -0.308 e. The highest BCUT2D eigenvalue weighted by Crippen LogP contribution is 2.23. The normalized spacial score (nSPS) is 10.5. The van der Waals surface area contributed by atoms with Gasteiger partial charge in [0.05, 0.1) is 0 Å². The molecule has 6 heteroatoms. The molecule has 3 N–H and O–H groups in total. The van der Waals surface area contributed by atoms with Crippen molar-refractivity contribution in [3.63, 3.8) is 0 Å². The van der Waals surface area contributed by atoms with Gasteiger partial charge in [0, 0.05) is 22.3 Å². The second kappa shape index (κ2) is 4.15. The Balaban J connectivity index is 2.54. The standard InChI is InChI=1S/C10H13N5S/c1-5-4-16-10(12-5)9-13-7(3)6(2)8(14-9)15-11/h4H,11H2,1-3H3,(H,13,14,15). The van der Waals surface area contributed by atoms with Crippen LogP contribution in [0.4, 0.5) is 5.82 Å². The maximum absolute atomic E-state index is 5.41. The lowest BCUT2D eigenvalue weighted by Crippen LogP contribution is -2.12. The Bertz CT molecular complexity index is 520. The minimum absolute atomic E-state index is 0.620. The second-order valence-corrected chi connectivity index (χ2v) is 4.40. The first-order valence-corrected chi connectivity index (χ1v) is 5.74. The van der Waals surface area contributed by atoms with Crippen molar-refractivity contribution in [2.45, 2.75) is 20.8 Å². The van der Waals surface area contributed by atoms with Crippen LogP contribution in [0.15, 0.2) is 5.38 Å². The van der Waals surface area contributed by atoms with Crippen molar-refractivity contribution in [3.8, 4) is 10.8 Å². The van der Waals surface area contributed by atoms with Crippen LogP contribution in [-0.4, -0.2) is 15.0 Å². The minimum atomic E-state index is 0.620.